The fourth-order valence-corrected chi connectivity index (χ4v) is 3.48. The molecule has 130 valence electrons. The van der Waals surface area contributed by atoms with E-state index in [-0.39, 0.29) is 11.9 Å². The van der Waals surface area contributed by atoms with Gasteiger partial charge in [-0.05, 0) is 31.0 Å². The molecule has 1 amide bonds. The number of pyridine rings is 1. The van der Waals surface area contributed by atoms with Crippen molar-refractivity contribution in [3.63, 3.8) is 0 Å². The van der Waals surface area contributed by atoms with E-state index < -0.39 is 0 Å². The number of carbonyl (C=O) groups excluding carboxylic acids is 1. The molecule has 4 nitrogen and oxygen atoms in total. The Labute approximate surface area is 152 Å². The van der Waals surface area contributed by atoms with E-state index in [0.717, 1.165) is 22.1 Å². The Hall–Kier alpha value is -3.14. The quantitative estimate of drug-likeness (QED) is 0.575. The van der Waals surface area contributed by atoms with E-state index in [1.165, 1.54) is 16.5 Å². The number of amides is 1. The maximum absolute atomic E-state index is 11.8. The van der Waals surface area contributed by atoms with Crippen LogP contribution in [0, 0.1) is 6.92 Å². The van der Waals surface area contributed by atoms with Crippen LogP contribution in [0.3, 0.4) is 0 Å². The highest BCUT2D eigenvalue weighted by molar-refractivity contribution is 6.07. The summed E-state index contributed by atoms with van der Waals surface area (Å²) in [5, 5.41) is 5.37. The maximum Gasteiger partial charge on any atom is 0.217 e. The second-order valence-corrected chi connectivity index (χ2v) is 6.73. The Morgan fingerprint density at radius 1 is 1.08 bits per heavy atom. The van der Waals surface area contributed by atoms with Crippen LogP contribution in [0.5, 0.6) is 0 Å². The van der Waals surface area contributed by atoms with Gasteiger partial charge in [0.2, 0.25) is 5.91 Å². The topological polar surface area (TPSA) is 57.8 Å². The van der Waals surface area contributed by atoms with Gasteiger partial charge in [0.25, 0.3) is 0 Å². The monoisotopic (exact) mass is 343 g/mol. The molecule has 1 atom stereocenters. The molecular formula is C22H21N3O. The molecule has 2 heterocycles. The van der Waals surface area contributed by atoms with Gasteiger partial charge in [-0.25, -0.2) is 0 Å². The average Bonchev–Trinajstić information content (AvgIpc) is 3.01. The van der Waals surface area contributed by atoms with E-state index in [4.69, 9.17) is 0 Å². The first-order chi connectivity index (χ1) is 12.6. The highest BCUT2D eigenvalue weighted by Crippen LogP contribution is 2.30. The van der Waals surface area contributed by atoms with Gasteiger partial charge in [0.1, 0.15) is 0 Å². The zero-order valence-corrected chi connectivity index (χ0v) is 14.9. The van der Waals surface area contributed by atoms with Crippen molar-refractivity contribution in [2.75, 3.05) is 0 Å². The molecule has 4 heteroatoms. The van der Waals surface area contributed by atoms with Crippen LogP contribution < -0.4 is 5.32 Å². The molecule has 4 rings (SSSR count). The molecule has 0 saturated carbocycles. The van der Waals surface area contributed by atoms with E-state index in [0.29, 0.717) is 6.42 Å². The van der Waals surface area contributed by atoms with Crippen LogP contribution in [0.4, 0.5) is 0 Å². The molecule has 0 unspecified atom stereocenters. The molecule has 0 spiro atoms. The number of aromatic amines is 1. The van der Waals surface area contributed by atoms with Crippen molar-refractivity contribution >= 4 is 27.7 Å². The molecule has 0 aliphatic heterocycles. The molecule has 0 aliphatic rings. The Morgan fingerprint density at radius 3 is 2.62 bits per heavy atom. The minimum Gasteiger partial charge on any atom is -0.353 e. The molecule has 2 aromatic heterocycles. The second-order valence-electron chi connectivity index (χ2n) is 6.73. The van der Waals surface area contributed by atoms with Crippen molar-refractivity contribution in [2.24, 2.45) is 0 Å². The normalized spacial score (nSPS) is 12.4. The largest absolute Gasteiger partial charge is 0.353 e. The van der Waals surface area contributed by atoms with Gasteiger partial charge in [0.15, 0.2) is 0 Å². The summed E-state index contributed by atoms with van der Waals surface area (Å²) in [6.07, 6.45) is 2.52. The molecule has 0 radical (unpaired) electrons. The number of nitrogens with zero attached hydrogens (tertiary/aromatic N) is 1. The summed E-state index contributed by atoms with van der Waals surface area (Å²) in [4.78, 5) is 19.9. The standard InChI is InChI=1S/C22H21N3O/c1-14-7-9-16(10-8-14)13-20(24-15(2)26)22-21-18(11-12-23-22)17-5-3-4-6-19(17)25-21/h3-12,20,25H,13H2,1-2H3,(H,24,26)/t20-/m1/s1. The molecule has 2 aromatic carbocycles. The first kappa shape index (κ1) is 16.3. The van der Waals surface area contributed by atoms with Crippen molar-refractivity contribution in [3.05, 3.63) is 77.6 Å². The van der Waals surface area contributed by atoms with Gasteiger partial charge < -0.3 is 10.3 Å². The van der Waals surface area contributed by atoms with Gasteiger partial charge >= 0.3 is 0 Å². The second kappa shape index (κ2) is 6.64. The summed E-state index contributed by atoms with van der Waals surface area (Å²) >= 11 is 0. The minimum atomic E-state index is -0.188. The molecule has 4 aromatic rings. The SMILES string of the molecule is CC(=O)N[C@H](Cc1ccc(C)cc1)c1nccc2c1[nH]c1ccccc12. The Kier molecular flexibility index (Phi) is 4.17. The lowest BCUT2D eigenvalue weighted by Crippen LogP contribution is -2.28. The third kappa shape index (κ3) is 3.06. The number of rotatable bonds is 4. The number of benzene rings is 2. The average molecular weight is 343 g/mol. The predicted molar refractivity (Wildman–Crippen MR) is 105 cm³/mol. The Balaban J connectivity index is 1.82. The fraction of sp³-hybridized carbons (Fsp3) is 0.182. The number of hydrogen-bond donors (Lipinski definition) is 2. The van der Waals surface area contributed by atoms with Crippen molar-refractivity contribution in [1.29, 1.82) is 0 Å². The molecule has 0 bridgehead atoms. The third-order valence-corrected chi connectivity index (χ3v) is 4.73. The van der Waals surface area contributed by atoms with Gasteiger partial charge in [0, 0.05) is 29.4 Å². The maximum atomic E-state index is 11.8. The van der Waals surface area contributed by atoms with Crippen LogP contribution in [0.2, 0.25) is 0 Å². The molecule has 0 saturated heterocycles. The van der Waals surface area contributed by atoms with Crippen LogP contribution >= 0.6 is 0 Å². The minimum absolute atomic E-state index is 0.0583. The van der Waals surface area contributed by atoms with Crippen LogP contribution in [-0.2, 0) is 11.2 Å². The molecule has 0 fully saturated rings. The third-order valence-electron chi connectivity index (χ3n) is 4.73. The van der Waals surface area contributed by atoms with Crippen LogP contribution in [0.25, 0.3) is 21.8 Å². The van der Waals surface area contributed by atoms with E-state index in [1.807, 2.05) is 24.4 Å². The van der Waals surface area contributed by atoms with Crippen molar-refractivity contribution < 1.29 is 4.79 Å². The van der Waals surface area contributed by atoms with Gasteiger partial charge in [-0.1, -0.05) is 48.0 Å². The fourth-order valence-electron chi connectivity index (χ4n) is 3.48. The molecular weight excluding hydrogens is 322 g/mol. The first-order valence-corrected chi connectivity index (χ1v) is 8.80. The Morgan fingerprint density at radius 2 is 1.85 bits per heavy atom. The number of hydrogen-bond acceptors (Lipinski definition) is 2. The summed E-state index contributed by atoms with van der Waals surface area (Å²) in [5.41, 5.74) is 5.33. The van der Waals surface area contributed by atoms with Crippen LogP contribution in [0.1, 0.15) is 29.8 Å². The van der Waals surface area contributed by atoms with E-state index in [1.54, 1.807) is 6.92 Å². The molecule has 26 heavy (non-hydrogen) atoms. The molecule has 0 aliphatic carbocycles. The van der Waals surface area contributed by atoms with Gasteiger partial charge in [-0.2, -0.15) is 0 Å². The number of para-hydroxylation sites is 1. The summed E-state index contributed by atoms with van der Waals surface area (Å²) in [7, 11) is 0. The highest BCUT2D eigenvalue weighted by atomic mass is 16.1. The lowest BCUT2D eigenvalue weighted by molar-refractivity contribution is -0.119. The lowest BCUT2D eigenvalue weighted by atomic mass is 10.00. The summed E-state index contributed by atoms with van der Waals surface area (Å²) in [6.45, 7) is 3.62. The highest BCUT2D eigenvalue weighted by Gasteiger charge is 2.19. The zero-order chi connectivity index (χ0) is 18.1. The number of aryl methyl sites for hydroxylation is 1. The number of fused-ring (bicyclic) bond motifs is 3. The number of carbonyl (C=O) groups is 1. The van der Waals surface area contributed by atoms with E-state index in [9.17, 15) is 4.79 Å². The first-order valence-electron chi connectivity index (χ1n) is 8.80. The van der Waals surface area contributed by atoms with Crippen molar-refractivity contribution in [2.45, 2.75) is 26.3 Å². The van der Waals surface area contributed by atoms with Gasteiger partial charge in [0.05, 0.1) is 17.3 Å². The van der Waals surface area contributed by atoms with Crippen molar-refractivity contribution in [3.8, 4) is 0 Å². The smallest absolute Gasteiger partial charge is 0.217 e. The predicted octanol–water partition coefficient (Wildman–Crippen LogP) is 4.44. The van der Waals surface area contributed by atoms with Gasteiger partial charge in [-0.15, -0.1) is 0 Å². The lowest BCUT2D eigenvalue weighted by Gasteiger charge is -2.18. The summed E-state index contributed by atoms with van der Waals surface area (Å²) in [5.74, 6) is -0.0583. The summed E-state index contributed by atoms with van der Waals surface area (Å²) in [6, 6.07) is 18.5. The van der Waals surface area contributed by atoms with Crippen LogP contribution in [0.15, 0.2) is 60.8 Å². The number of nitrogens with one attached hydrogen (secondary N) is 2. The van der Waals surface area contributed by atoms with E-state index >= 15 is 0 Å². The number of aromatic nitrogens is 2. The Bertz CT molecular complexity index is 1080. The number of H-pyrrole nitrogens is 1. The summed E-state index contributed by atoms with van der Waals surface area (Å²) < 4.78 is 0. The zero-order valence-electron chi connectivity index (χ0n) is 14.9. The van der Waals surface area contributed by atoms with E-state index in [2.05, 4.69) is 58.6 Å². The molecule has 2 N–H and O–H groups in total. The van der Waals surface area contributed by atoms with Crippen LogP contribution in [-0.4, -0.2) is 15.9 Å². The van der Waals surface area contributed by atoms with Crippen molar-refractivity contribution in [1.82, 2.24) is 15.3 Å². The van der Waals surface area contributed by atoms with Gasteiger partial charge in [-0.3, -0.25) is 9.78 Å².